The molecule has 1 saturated carbocycles. The van der Waals surface area contributed by atoms with Crippen LogP contribution >= 0.6 is 11.3 Å². The predicted molar refractivity (Wildman–Crippen MR) is 95.7 cm³/mol. The van der Waals surface area contributed by atoms with Crippen LogP contribution in [-0.2, 0) is 11.2 Å². The number of amides is 1. The van der Waals surface area contributed by atoms with E-state index in [1.165, 1.54) is 37.7 Å². The van der Waals surface area contributed by atoms with E-state index in [2.05, 4.69) is 28.5 Å². The molecule has 23 heavy (non-hydrogen) atoms. The Morgan fingerprint density at radius 2 is 2.00 bits per heavy atom. The van der Waals surface area contributed by atoms with Gasteiger partial charge >= 0.3 is 0 Å². The van der Waals surface area contributed by atoms with Crippen LogP contribution in [0.3, 0.4) is 0 Å². The largest absolute Gasteiger partial charge is 0.298 e. The van der Waals surface area contributed by atoms with Gasteiger partial charge in [0.2, 0.25) is 5.91 Å². The van der Waals surface area contributed by atoms with Crippen LogP contribution in [-0.4, -0.2) is 10.9 Å². The highest BCUT2D eigenvalue weighted by molar-refractivity contribution is 7.15. The number of nitrogens with zero attached hydrogens (tertiary/aromatic N) is 1. The SMILES string of the molecule is O=C(/C=C/C1CCCCC1)Nc1ncc(Cc2ccccc2)s1. The van der Waals surface area contributed by atoms with Crippen LogP contribution < -0.4 is 5.32 Å². The van der Waals surface area contributed by atoms with Gasteiger partial charge in [-0.05, 0) is 30.4 Å². The highest BCUT2D eigenvalue weighted by Crippen LogP contribution is 2.25. The average Bonchev–Trinajstić information content (AvgIpc) is 3.02. The minimum atomic E-state index is -0.0730. The van der Waals surface area contributed by atoms with Gasteiger partial charge in [-0.15, -0.1) is 11.3 Å². The van der Waals surface area contributed by atoms with Crippen molar-refractivity contribution in [3.05, 3.63) is 59.1 Å². The van der Waals surface area contributed by atoms with Gasteiger partial charge in [-0.1, -0.05) is 55.7 Å². The quantitative estimate of drug-likeness (QED) is 0.801. The molecule has 0 aliphatic heterocycles. The van der Waals surface area contributed by atoms with Crippen molar-refractivity contribution in [2.45, 2.75) is 38.5 Å². The molecule has 1 aromatic carbocycles. The van der Waals surface area contributed by atoms with E-state index in [4.69, 9.17) is 0 Å². The molecule has 0 unspecified atom stereocenters. The maximum Gasteiger partial charge on any atom is 0.249 e. The molecular weight excluding hydrogens is 304 g/mol. The van der Waals surface area contributed by atoms with Crippen LogP contribution in [0.2, 0.25) is 0 Å². The molecule has 3 rings (SSSR count). The zero-order valence-corrected chi connectivity index (χ0v) is 14.0. The molecule has 0 saturated heterocycles. The minimum Gasteiger partial charge on any atom is -0.298 e. The van der Waals surface area contributed by atoms with Crippen LogP contribution in [0, 0.1) is 5.92 Å². The summed E-state index contributed by atoms with van der Waals surface area (Å²) < 4.78 is 0. The van der Waals surface area contributed by atoms with Gasteiger partial charge in [0.05, 0.1) is 0 Å². The molecule has 3 nitrogen and oxygen atoms in total. The fourth-order valence-corrected chi connectivity index (χ4v) is 3.79. The van der Waals surface area contributed by atoms with Crippen LogP contribution in [0.4, 0.5) is 5.13 Å². The van der Waals surface area contributed by atoms with Gasteiger partial charge in [-0.25, -0.2) is 4.98 Å². The molecule has 0 radical (unpaired) electrons. The average molecular weight is 326 g/mol. The fourth-order valence-electron chi connectivity index (χ4n) is 2.94. The van der Waals surface area contributed by atoms with Gasteiger partial charge < -0.3 is 0 Å². The van der Waals surface area contributed by atoms with Crippen molar-refractivity contribution in [1.82, 2.24) is 4.98 Å². The van der Waals surface area contributed by atoms with E-state index in [-0.39, 0.29) is 5.91 Å². The van der Waals surface area contributed by atoms with E-state index in [0.717, 1.165) is 11.3 Å². The lowest BCUT2D eigenvalue weighted by atomic mass is 9.89. The van der Waals surface area contributed by atoms with Crippen LogP contribution in [0.25, 0.3) is 0 Å². The lowest BCUT2D eigenvalue weighted by molar-refractivity contribution is -0.111. The Balaban J connectivity index is 1.52. The van der Waals surface area contributed by atoms with Crippen molar-refractivity contribution in [1.29, 1.82) is 0 Å². The zero-order chi connectivity index (χ0) is 15.9. The van der Waals surface area contributed by atoms with Crippen molar-refractivity contribution in [2.24, 2.45) is 5.92 Å². The van der Waals surface area contributed by atoms with Crippen LogP contribution in [0.1, 0.15) is 42.5 Å². The smallest absolute Gasteiger partial charge is 0.249 e. The minimum absolute atomic E-state index is 0.0730. The van der Waals surface area contributed by atoms with Crippen LogP contribution in [0.15, 0.2) is 48.7 Å². The summed E-state index contributed by atoms with van der Waals surface area (Å²) in [7, 11) is 0. The number of hydrogen-bond donors (Lipinski definition) is 1. The molecular formula is C19H22N2OS. The van der Waals surface area contributed by atoms with E-state index < -0.39 is 0 Å². The van der Waals surface area contributed by atoms with E-state index in [1.807, 2.05) is 24.4 Å². The number of carbonyl (C=O) groups is 1. The third kappa shape index (κ3) is 5.03. The number of nitrogens with one attached hydrogen (secondary N) is 1. The molecule has 1 aliphatic carbocycles. The lowest BCUT2D eigenvalue weighted by Gasteiger charge is -2.17. The molecule has 4 heteroatoms. The Morgan fingerprint density at radius 3 is 2.78 bits per heavy atom. The summed E-state index contributed by atoms with van der Waals surface area (Å²) in [5.41, 5.74) is 1.26. The van der Waals surface area contributed by atoms with Crippen molar-refractivity contribution in [2.75, 3.05) is 5.32 Å². The normalized spacial score (nSPS) is 15.8. The molecule has 1 aromatic heterocycles. The van der Waals surface area contributed by atoms with E-state index >= 15 is 0 Å². The lowest BCUT2D eigenvalue weighted by Crippen LogP contribution is -2.09. The van der Waals surface area contributed by atoms with Gasteiger partial charge in [-0.2, -0.15) is 0 Å². The fraction of sp³-hybridized carbons (Fsp3) is 0.368. The van der Waals surface area contributed by atoms with Gasteiger partial charge in [0.1, 0.15) is 0 Å². The van der Waals surface area contributed by atoms with Gasteiger partial charge in [0, 0.05) is 17.5 Å². The molecule has 0 spiro atoms. The van der Waals surface area contributed by atoms with Crippen molar-refractivity contribution < 1.29 is 4.79 Å². The topological polar surface area (TPSA) is 42.0 Å². The number of hydrogen-bond acceptors (Lipinski definition) is 3. The molecule has 1 fully saturated rings. The van der Waals surface area contributed by atoms with Gasteiger partial charge in [0.25, 0.3) is 0 Å². The number of rotatable bonds is 5. The summed E-state index contributed by atoms with van der Waals surface area (Å²) in [6, 6.07) is 10.3. The highest BCUT2D eigenvalue weighted by atomic mass is 32.1. The summed E-state index contributed by atoms with van der Waals surface area (Å²) in [5, 5.41) is 3.54. The molecule has 0 atom stereocenters. The second-order valence-corrected chi connectivity index (χ2v) is 7.16. The Hall–Kier alpha value is -1.94. The van der Waals surface area contributed by atoms with Crippen molar-refractivity contribution >= 4 is 22.4 Å². The van der Waals surface area contributed by atoms with Crippen molar-refractivity contribution in [3.8, 4) is 0 Å². The summed E-state index contributed by atoms with van der Waals surface area (Å²) in [6.45, 7) is 0. The molecule has 1 amide bonds. The third-order valence-electron chi connectivity index (χ3n) is 4.17. The Kier molecular flexibility index (Phi) is 5.59. The Morgan fingerprint density at radius 1 is 1.22 bits per heavy atom. The Labute approximate surface area is 141 Å². The van der Waals surface area contributed by atoms with E-state index in [9.17, 15) is 4.79 Å². The maximum absolute atomic E-state index is 12.0. The second-order valence-electron chi connectivity index (χ2n) is 6.04. The first kappa shape index (κ1) is 15.9. The number of allylic oxidation sites excluding steroid dienone is 1. The highest BCUT2D eigenvalue weighted by Gasteiger charge is 2.11. The molecule has 1 heterocycles. The molecule has 120 valence electrons. The molecule has 1 aliphatic rings. The van der Waals surface area contributed by atoms with Gasteiger partial charge in [0.15, 0.2) is 5.13 Å². The second kappa shape index (κ2) is 8.06. The summed E-state index contributed by atoms with van der Waals surface area (Å²) in [5.74, 6) is 0.496. The van der Waals surface area contributed by atoms with Crippen molar-refractivity contribution in [3.63, 3.8) is 0 Å². The number of benzene rings is 1. The third-order valence-corrected chi connectivity index (χ3v) is 5.09. The Bertz CT molecular complexity index is 657. The van der Waals surface area contributed by atoms with Crippen LogP contribution in [0.5, 0.6) is 0 Å². The standard InChI is InChI=1S/C19H22N2OS/c22-18(12-11-15-7-3-1-4-8-15)21-19-20-14-17(23-19)13-16-9-5-2-6-10-16/h2,5-6,9-12,14-15H,1,3-4,7-8,13H2,(H,20,21,22)/b12-11+. The number of thiazole rings is 1. The first-order valence-corrected chi connectivity index (χ1v) is 9.09. The van der Waals surface area contributed by atoms with E-state index in [1.54, 1.807) is 17.4 Å². The predicted octanol–water partition coefficient (Wildman–Crippen LogP) is 4.81. The summed E-state index contributed by atoms with van der Waals surface area (Å²) in [6.07, 6.45) is 12.8. The number of aromatic nitrogens is 1. The first-order valence-electron chi connectivity index (χ1n) is 8.27. The summed E-state index contributed by atoms with van der Waals surface area (Å²) in [4.78, 5) is 17.4. The monoisotopic (exact) mass is 326 g/mol. The number of carbonyl (C=O) groups excluding carboxylic acids is 1. The zero-order valence-electron chi connectivity index (χ0n) is 13.2. The summed E-state index contributed by atoms with van der Waals surface area (Å²) >= 11 is 1.54. The molecule has 2 aromatic rings. The molecule has 0 bridgehead atoms. The maximum atomic E-state index is 12.0. The van der Waals surface area contributed by atoms with Gasteiger partial charge in [-0.3, -0.25) is 10.1 Å². The first-order chi connectivity index (χ1) is 11.3. The van der Waals surface area contributed by atoms with E-state index in [0.29, 0.717) is 11.0 Å². The molecule has 1 N–H and O–H groups in total. The number of anilines is 1.